The molecule has 1 saturated carbocycles. The molecule has 0 radical (unpaired) electrons. The summed E-state index contributed by atoms with van der Waals surface area (Å²) < 4.78 is 15.7. The van der Waals surface area contributed by atoms with Crippen LogP contribution in [-0.4, -0.2) is 74.7 Å². The summed E-state index contributed by atoms with van der Waals surface area (Å²) in [6, 6.07) is 4.79. The van der Waals surface area contributed by atoms with Gasteiger partial charge in [0.15, 0.2) is 5.78 Å². The summed E-state index contributed by atoms with van der Waals surface area (Å²) in [6.07, 6.45) is 5.28. The molecule has 38 heavy (non-hydrogen) atoms. The number of ether oxygens (including phenoxy) is 3. The molecule has 4 rings (SSSR count). The van der Waals surface area contributed by atoms with Crippen LogP contribution in [0.2, 0.25) is 0 Å². The molecule has 3 aliphatic rings. The monoisotopic (exact) mass is 529 g/mol. The van der Waals surface area contributed by atoms with E-state index >= 15 is 0 Å². The summed E-state index contributed by atoms with van der Waals surface area (Å²) in [4.78, 5) is 52.0. The van der Waals surface area contributed by atoms with Gasteiger partial charge in [0.2, 0.25) is 17.7 Å². The number of rotatable bonds is 13. The molecule has 0 aromatic heterocycles. The van der Waals surface area contributed by atoms with Gasteiger partial charge in [0.25, 0.3) is 0 Å². The number of hydrogen-bond donors (Lipinski definition) is 3. The maximum atomic E-state index is 13.5. The number of carbonyl (C=O) groups is 4. The zero-order chi connectivity index (χ0) is 27.1. The number of hydrogen-bond acceptors (Lipinski definition) is 7. The molecule has 0 spiro atoms. The van der Waals surface area contributed by atoms with Crippen LogP contribution >= 0.6 is 0 Å². The Kier molecular flexibility index (Phi) is 9.74. The molecule has 5 atom stereocenters. The average Bonchev–Trinajstić information content (AvgIpc) is 3.36. The van der Waals surface area contributed by atoms with Crippen LogP contribution in [0.3, 0.4) is 0 Å². The summed E-state index contributed by atoms with van der Waals surface area (Å²) in [5.41, 5.74) is 0.815. The molecule has 208 valence electrons. The van der Waals surface area contributed by atoms with E-state index in [-0.39, 0.29) is 24.0 Å². The lowest BCUT2D eigenvalue weighted by atomic mass is 9.94. The number of methoxy groups -OCH3 is 1. The molecule has 10 nitrogen and oxygen atoms in total. The normalized spacial score (nSPS) is 23.2. The van der Waals surface area contributed by atoms with Gasteiger partial charge in [0.05, 0.1) is 32.3 Å². The summed E-state index contributed by atoms with van der Waals surface area (Å²) in [6.45, 7) is 2.83. The van der Waals surface area contributed by atoms with Crippen molar-refractivity contribution in [3.8, 4) is 5.75 Å². The zero-order valence-electron chi connectivity index (χ0n) is 22.2. The molecule has 1 aromatic carbocycles. The first-order chi connectivity index (χ1) is 18.3. The second-order valence-electron chi connectivity index (χ2n) is 10.6. The fraction of sp³-hybridized carbons (Fsp3) is 0.643. The van der Waals surface area contributed by atoms with Crippen molar-refractivity contribution >= 4 is 23.5 Å². The highest BCUT2D eigenvalue weighted by Crippen LogP contribution is 2.30. The van der Waals surface area contributed by atoms with Gasteiger partial charge in [-0.15, -0.1) is 0 Å². The van der Waals surface area contributed by atoms with Gasteiger partial charge in [0.1, 0.15) is 23.9 Å². The standard InChI is InChI=1S/C28H39N3O7/c1-17(29-27(34)20-11-12-37-15-20)26(33)31-23(14-19-7-9-21(36-2)10-8-19)28(35)30-22(25(32)24-16-38-24)13-18-5-3-4-6-18/h7-10,17-18,20,22-24H,3-6,11-16H2,1-2H3,(H,29,34)(H,30,35)(H,31,33)/t17-,20-,22+,23+,24-/m1/s1. The molecular weight excluding hydrogens is 490 g/mol. The lowest BCUT2D eigenvalue weighted by Crippen LogP contribution is -2.56. The van der Waals surface area contributed by atoms with Crippen LogP contribution in [0, 0.1) is 11.8 Å². The second kappa shape index (κ2) is 13.2. The Labute approximate surface area is 223 Å². The number of Topliss-reactive ketones (excluding diaryl/α,β-unsaturated/α-hetero) is 1. The predicted octanol–water partition coefficient (Wildman–Crippen LogP) is 1.30. The molecule has 3 N–H and O–H groups in total. The number of carbonyl (C=O) groups excluding carboxylic acids is 4. The van der Waals surface area contributed by atoms with Gasteiger partial charge >= 0.3 is 0 Å². The van der Waals surface area contributed by atoms with Crippen molar-refractivity contribution < 1.29 is 33.4 Å². The minimum Gasteiger partial charge on any atom is -0.497 e. The van der Waals surface area contributed by atoms with Crippen molar-refractivity contribution in [1.29, 1.82) is 0 Å². The van der Waals surface area contributed by atoms with Crippen molar-refractivity contribution in [1.82, 2.24) is 16.0 Å². The quantitative estimate of drug-likeness (QED) is 0.328. The number of benzene rings is 1. The molecular formula is C28H39N3O7. The highest BCUT2D eigenvalue weighted by molar-refractivity contribution is 5.96. The minimum absolute atomic E-state index is 0.112. The molecule has 2 heterocycles. The highest BCUT2D eigenvalue weighted by atomic mass is 16.6. The van der Waals surface area contributed by atoms with Gasteiger partial charge in [-0.3, -0.25) is 19.2 Å². The maximum absolute atomic E-state index is 13.5. The summed E-state index contributed by atoms with van der Waals surface area (Å²) in [5.74, 6) is -0.489. The van der Waals surface area contributed by atoms with Crippen LogP contribution in [0.4, 0.5) is 0 Å². The lowest BCUT2D eigenvalue weighted by Gasteiger charge is -2.26. The summed E-state index contributed by atoms with van der Waals surface area (Å²) >= 11 is 0. The number of nitrogens with one attached hydrogen (secondary N) is 3. The zero-order valence-corrected chi connectivity index (χ0v) is 22.2. The minimum atomic E-state index is -0.941. The Morgan fingerprint density at radius 2 is 1.63 bits per heavy atom. The van der Waals surface area contributed by atoms with Gasteiger partial charge in [-0.25, -0.2) is 0 Å². The van der Waals surface area contributed by atoms with Crippen molar-refractivity contribution in [2.45, 2.75) is 76.1 Å². The number of amides is 3. The van der Waals surface area contributed by atoms with Crippen LogP contribution in [0.15, 0.2) is 24.3 Å². The van der Waals surface area contributed by atoms with Crippen LogP contribution in [0.25, 0.3) is 0 Å². The Morgan fingerprint density at radius 3 is 2.24 bits per heavy atom. The topological polar surface area (TPSA) is 135 Å². The summed E-state index contributed by atoms with van der Waals surface area (Å²) in [5, 5.41) is 8.45. The second-order valence-corrected chi connectivity index (χ2v) is 10.6. The maximum Gasteiger partial charge on any atom is 0.243 e. The van der Waals surface area contributed by atoms with Crippen LogP contribution < -0.4 is 20.7 Å². The smallest absolute Gasteiger partial charge is 0.243 e. The van der Waals surface area contributed by atoms with E-state index < -0.39 is 36.0 Å². The van der Waals surface area contributed by atoms with E-state index in [0.29, 0.717) is 44.3 Å². The third-order valence-electron chi connectivity index (χ3n) is 7.64. The molecule has 10 heteroatoms. The molecule has 3 amide bonds. The van der Waals surface area contributed by atoms with E-state index in [1.165, 1.54) is 0 Å². The Balaban J connectivity index is 1.44. The van der Waals surface area contributed by atoms with E-state index in [1.807, 2.05) is 12.1 Å². The highest BCUT2D eigenvalue weighted by Gasteiger charge is 2.39. The summed E-state index contributed by atoms with van der Waals surface area (Å²) in [7, 11) is 1.57. The number of epoxide rings is 1. The Hall–Kier alpha value is -2.98. The Morgan fingerprint density at radius 1 is 0.947 bits per heavy atom. The third-order valence-corrected chi connectivity index (χ3v) is 7.64. The van der Waals surface area contributed by atoms with Crippen molar-refractivity contribution in [2.75, 3.05) is 26.9 Å². The van der Waals surface area contributed by atoms with Gasteiger partial charge in [0, 0.05) is 13.0 Å². The van der Waals surface area contributed by atoms with Gasteiger partial charge < -0.3 is 30.2 Å². The van der Waals surface area contributed by atoms with Gasteiger partial charge in [-0.1, -0.05) is 37.8 Å². The third kappa shape index (κ3) is 7.77. The molecule has 1 aromatic rings. The first-order valence-electron chi connectivity index (χ1n) is 13.6. The average molecular weight is 530 g/mol. The van der Waals surface area contributed by atoms with Gasteiger partial charge in [-0.05, 0) is 43.4 Å². The Bertz CT molecular complexity index is 983. The van der Waals surface area contributed by atoms with Crippen molar-refractivity contribution in [3.63, 3.8) is 0 Å². The van der Waals surface area contributed by atoms with Crippen molar-refractivity contribution in [3.05, 3.63) is 29.8 Å². The van der Waals surface area contributed by atoms with E-state index in [2.05, 4.69) is 16.0 Å². The largest absolute Gasteiger partial charge is 0.497 e. The van der Waals surface area contributed by atoms with Gasteiger partial charge in [-0.2, -0.15) is 0 Å². The first-order valence-corrected chi connectivity index (χ1v) is 13.6. The first kappa shape index (κ1) is 28.0. The van der Waals surface area contributed by atoms with E-state index in [4.69, 9.17) is 14.2 Å². The number of ketones is 1. The van der Waals surface area contributed by atoms with Crippen LogP contribution in [0.5, 0.6) is 5.75 Å². The van der Waals surface area contributed by atoms with E-state index in [9.17, 15) is 19.2 Å². The fourth-order valence-electron chi connectivity index (χ4n) is 5.18. The molecule has 2 saturated heterocycles. The fourth-order valence-corrected chi connectivity index (χ4v) is 5.18. The SMILES string of the molecule is COc1ccc(C[C@H](NC(=O)[C@@H](C)NC(=O)[C@@H]2CCOC2)C(=O)N[C@@H](CC2CCCC2)C(=O)[C@H]2CO2)cc1. The van der Waals surface area contributed by atoms with Crippen LogP contribution in [0.1, 0.15) is 51.0 Å². The predicted molar refractivity (Wildman–Crippen MR) is 138 cm³/mol. The molecule has 0 unspecified atom stereocenters. The molecule has 3 fully saturated rings. The molecule has 2 aliphatic heterocycles. The van der Waals surface area contributed by atoms with Crippen LogP contribution in [-0.2, 0) is 35.1 Å². The molecule has 0 bridgehead atoms. The van der Waals surface area contributed by atoms with E-state index in [1.54, 1.807) is 26.2 Å². The van der Waals surface area contributed by atoms with Crippen molar-refractivity contribution in [2.24, 2.45) is 11.8 Å². The lowest BCUT2D eigenvalue weighted by molar-refractivity contribution is -0.134. The molecule has 1 aliphatic carbocycles. The van der Waals surface area contributed by atoms with E-state index in [0.717, 1.165) is 31.2 Å².